The molecule has 0 N–H and O–H groups in total. The third-order valence-corrected chi connectivity index (χ3v) is 6.32. The Labute approximate surface area is 154 Å². The quantitative estimate of drug-likeness (QED) is 0.815. The number of rotatable bonds is 3. The van der Waals surface area contributed by atoms with Gasteiger partial charge in [-0.3, -0.25) is 14.5 Å². The third-order valence-electron chi connectivity index (χ3n) is 6.32. The fourth-order valence-corrected chi connectivity index (χ4v) is 4.82. The topological polar surface area (TPSA) is 69.9 Å². The Hall–Kier alpha value is -1.89. The van der Waals surface area contributed by atoms with E-state index < -0.39 is 5.41 Å². The first kappa shape index (κ1) is 17.5. The van der Waals surface area contributed by atoms with Crippen molar-refractivity contribution in [2.24, 2.45) is 11.3 Å². The van der Waals surface area contributed by atoms with Gasteiger partial charge in [-0.05, 0) is 33.6 Å². The van der Waals surface area contributed by atoms with Crippen LogP contribution in [0, 0.1) is 18.3 Å². The molecule has 142 valence electrons. The van der Waals surface area contributed by atoms with Crippen LogP contribution in [0.4, 0.5) is 0 Å². The van der Waals surface area contributed by atoms with Crippen molar-refractivity contribution in [1.29, 1.82) is 0 Å². The van der Waals surface area contributed by atoms with Crippen LogP contribution in [-0.2, 0) is 4.79 Å². The van der Waals surface area contributed by atoms with Crippen LogP contribution in [0.2, 0.25) is 0 Å². The summed E-state index contributed by atoms with van der Waals surface area (Å²) >= 11 is 0. The van der Waals surface area contributed by atoms with Crippen molar-refractivity contribution in [1.82, 2.24) is 19.9 Å². The Kier molecular flexibility index (Phi) is 4.29. The number of aromatic nitrogens is 1. The maximum absolute atomic E-state index is 13.5. The molecule has 2 amide bonds. The largest absolute Gasteiger partial charge is 0.361 e. The van der Waals surface area contributed by atoms with Crippen molar-refractivity contribution < 1.29 is 14.1 Å². The fraction of sp³-hybridized carbons (Fsp3) is 0.737. The van der Waals surface area contributed by atoms with Gasteiger partial charge in [-0.25, -0.2) is 0 Å². The van der Waals surface area contributed by atoms with Crippen molar-refractivity contribution in [3.8, 4) is 0 Å². The Morgan fingerprint density at radius 1 is 1.19 bits per heavy atom. The number of likely N-dealkylation sites (tertiary alicyclic amines) is 3. The normalized spacial score (nSPS) is 29.0. The highest BCUT2D eigenvalue weighted by Crippen LogP contribution is 2.45. The predicted molar refractivity (Wildman–Crippen MR) is 95.6 cm³/mol. The van der Waals surface area contributed by atoms with E-state index in [2.05, 4.69) is 23.9 Å². The first-order valence-electron chi connectivity index (χ1n) is 9.67. The van der Waals surface area contributed by atoms with Gasteiger partial charge in [-0.15, -0.1) is 0 Å². The van der Waals surface area contributed by atoms with Crippen molar-refractivity contribution in [3.63, 3.8) is 0 Å². The minimum atomic E-state index is -0.469. The molecule has 1 aromatic heterocycles. The summed E-state index contributed by atoms with van der Waals surface area (Å²) in [5.41, 5.74) is -0.129. The smallest absolute Gasteiger partial charge is 0.276 e. The molecule has 0 spiro atoms. The van der Waals surface area contributed by atoms with E-state index in [9.17, 15) is 9.59 Å². The SMILES string of the molecule is Cc1cc(C(=O)N2C[C@@H]3CN(C(C)C)C[C@]3(C(=O)N3CCCC3)C2)no1. The lowest BCUT2D eigenvalue weighted by Crippen LogP contribution is -2.49. The zero-order chi connectivity index (χ0) is 18.5. The van der Waals surface area contributed by atoms with Crippen LogP contribution in [-0.4, -0.2) is 77.0 Å². The summed E-state index contributed by atoms with van der Waals surface area (Å²) in [4.78, 5) is 32.5. The molecule has 4 heterocycles. The second-order valence-corrected chi connectivity index (χ2v) is 8.38. The highest BCUT2D eigenvalue weighted by Gasteiger charge is 2.59. The Balaban J connectivity index is 1.59. The number of hydrogen-bond donors (Lipinski definition) is 0. The molecule has 3 aliphatic rings. The van der Waals surface area contributed by atoms with E-state index in [0.717, 1.165) is 39.0 Å². The van der Waals surface area contributed by atoms with E-state index in [0.29, 0.717) is 30.6 Å². The number of fused-ring (bicyclic) bond motifs is 1. The van der Waals surface area contributed by atoms with E-state index in [-0.39, 0.29) is 17.7 Å². The lowest BCUT2D eigenvalue weighted by Gasteiger charge is -2.33. The van der Waals surface area contributed by atoms with E-state index >= 15 is 0 Å². The second-order valence-electron chi connectivity index (χ2n) is 8.38. The molecule has 0 aromatic carbocycles. The molecule has 0 aliphatic carbocycles. The molecule has 26 heavy (non-hydrogen) atoms. The van der Waals surface area contributed by atoms with Crippen LogP contribution in [0.1, 0.15) is 42.9 Å². The van der Waals surface area contributed by atoms with E-state index in [1.54, 1.807) is 13.0 Å². The van der Waals surface area contributed by atoms with Crippen LogP contribution in [0.15, 0.2) is 10.6 Å². The van der Waals surface area contributed by atoms with Gasteiger partial charge >= 0.3 is 0 Å². The molecule has 2 atom stereocenters. The van der Waals surface area contributed by atoms with Crippen LogP contribution in [0.25, 0.3) is 0 Å². The summed E-state index contributed by atoms with van der Waals surface area (Å²) in [5.74, 6) is 0.937. The van der Waals surface area contributed by atoms with Crippen LogP contribution in [0.3, 0.4) is 0 Å². The van der Waals surface area contributed by atoms with E-state index in [1.807, 2.05) is 9.80 Å². The number of hydrogen-bond acceptors (Lipinski definition) is 5. The minimum Gasteiger partial charge on any atom is -0.361 e. The highest BCUT2D eigenvalue weighted by molar-refractivity contribution is 5.94. The number of amides is 2. The van der Waals surface area contributed by atoms with Crippen molar-refractivity contribution in [3.05, 3.63) is 17.5 Å². The maximum Gasteiger partial charge on any atom is 0.276 e. The van der Waals surface area contributed by atoms with Gasteiger partial charge in [0, 0.05) is 57.3 Å². The van der Waals surface area contributed by atoms with Gasteiger partial charge in [0.05, 0.1) is 5.41 Å². The average molecular weight is 360 g/mol. The molecule has 3 fully saturated rings. The van der Waals surface area contributed by atoms with Gasteiger partial charge in [0.1, 0.15) is 5.76 Å². The molecular weight excluding hydrogens is 332 g/mol. The van der Waals surface area contributed by atoms with E-state index in [4.69, 9.17) is 4.52 Å². The first-order chi connectivity index (χ1) is 12.4. The summed E-state index contributed by atoms with van der Waals surface area (Å²) in [6.07, 6.45) is 2.17. The van der Waals surface area contributed by atoms with Crippen molar-refractivity contribution in [2.45, 2.75) is 39.7 Å². The molecule has 3 aliphatic heterocycles. The number of carbonyl (C=O) groups excluding carboxylic acids is 2. The average Bonchev–Trinajstić information content (AvgIpc) is 3.36. The van der Waals surface area contributed by atoms with Gasteiger partial charge in [0.2, 0.25) is 5.91 Å². The van der Waals surface area contributed by atoms with Gasteiger partial charge < -0.3 is 14.3 Å². The summed E-state index contributed by atoms with van der Waals surface area (Å²) in [7, 11) is 0. The molecule has 7 nitrogen and oxygen atoms in total. The molecule has 7 heteroatoms. The van der Waals surface area contributed by atoms with Gasteiger partial charge in [-0.1, -0.05) is 5.16 Å². The Morgan fingerprint density at radius 3 is 2.54 bits per heavy atom. The monoisotopic (exact) mass is 360 g/mol. The molecule has 0 bridgehead atoms. The molecule has 0 unspecified atom stereocenters. The molecular formula is C19H28N4O3. The third kappa shape index (κ3) is 2.73. The van der Waals surface area contributed by atoms with Gasteiger partial charge in [0.15, 0.2) is 5.69 Å². The van der Waals surface area contributed by atoms with E-state index in [1.165, 1.54) is 0 Å². The molecule has 0 saturated carbocycles. The number of carbonyl (C=O) groups is 2. The highest BCUT2D eigenvalue weighted by atomic mass is 16.5. The van der Waals surface area contributed by atoms with Crippen molar-refractivity contribution in [2.75, 3.05) is 39.3 Å². The van der Waals surface area contributed by atoms with Crippen LogP contribution in [0.5, 0.6) is 0 Å². The van der Waals surface area contributed by atoms with Gasteiger partial charge in [-0.2, -0.15) is 0 Å². The first-order valence-corrected chi connectivity index (χ1v) is 9.67. The molecule has 0 radical (unpaired) electrons. The summed E-state index contributed by atoms with van der Waals surface area (Å²) in [6.45, 7) is 10.6. The lowest BCUT2D eigenvalue weighted by molar-refractivity contribution is -0.141. The Morgan fingerprint density at radius 2 is 1.92 bits per heavy atom. The van der Waals surface area contributed by atoms with Crippen LogP contribution >= 0.6 is 0 Å². The lowest BCUT2D eigenvalue weighted by atomic mass is 9.79. The Bertz CT molecular complexity index is 709. The van der Waals surface area contributed by atoms with Gasteiger partial charge in [0.25, 0.3) is 5.91 Å². The molecule has 1 aromatic rings. The zero-order valence-corrected chi connectivity index (χ0v) is 15.9. The fourth-order valence-electron chi connectivity index (χ4n) is 4.82. The number of nitrogens with zero attached hydrogens (tertiary/aromatic N) is 4. The summed E-state index contributed by atoms with van der Waals surface area (Å²) in [5, 5.41) is 3.87. The minimum absolute atomic E-state index is 0.124. The van der Waals surface area contributed by atoms with Crippen LogP contribution < -0.4 is 0 Å². The molecule has 3 saturated heterocycles. The molecule has 4 rings (SSSR count). The standard InChI is InChI=1S/C19H28N4O3/c1-13(2)22-9-15-10-23(17(24)16-8-14(3)26-20-16)12-19(15,11-22)18(25)21-6-4-5-7-21/h8,13,15H,4-7,9-12H2,1-3H3/t15-,19-/m0/s1. The second kappa shape index (κ2) is 6.37. The zero-order valence-electron chi connectivity index (χ0n) is 15.9. The predicted octanol–water partition coefficient (Wildman–Crippen LogP) is 1.39. The summed E-state index contributed by atoms with van der Waals surface area (Å²) < 4.78 is 5.06. The maximum atomic E-state index is 13.5. The summed E-state index contributed by atoms with van der Waals surface area (Å²) in [6, 6.07) is 2.08. The number of aryl methyl sites for hydroxylation is 1. The van der Waals surface area contributed by atoms with Crippen molar-refractivity contribution >= 4 is 11.8 Å².